The molecule has 1 saturated heterocycles. The molecule has 262 valence electrons. The molecule has 2 fully saturated rings. The minimum atomic E-state index is -1.29. The molecular weight excluding hydrogens is 646 g/mol. The van der Waals surface area contributed by atoms with Crippen LogP contribution in [-0.4, -0.2) is 61.2 Å². The van der Waals surface area contributed by atoms with Gasteiger partial charge in [0.25, 0.3) is 0 Å². The third-order valence-electron chi connectivity index (χ3n) is 9.66. The van der Waals surface area contributed by atoms with Crippen molar-refractivity contribution in [3.05, 3.63) is 72.4 Å². The van der Waals surface area contributed by atoms with Gasteiger partial charge in [0.15, 0.2) is 23.1 Å². The van der Waals surface area contributed by atoms with E-state index in [1.165, 1.54) is 49.2 Å². The van der Waals surface area contributed by atoms with Gasteiger partial charge >= 0.3 is 0 Å². The normalized spacial score (nSPS) is 17.5. The van der Waals surface area contributed by atoms with E-state index in [1.54, 1.807) is 18.3 Å². The number of nitrogens with zero attached hydrogens (tertiary/aromatic N) is 2. The van der Waals surface area contributed by atoms with E-state index in [0.717, 1.165) is 32.1 Å². The van der Waals surface area contributed by atoms with Gasteiger partial charge in [-0.3, -0.25) is 14.6 Å². The molecule has 4 aromatic rings. The Morgan fingerprint density at radius 1 is 0.840 bits per heavy atom. The van der Waals surface area contributed by atoms with Crippen LogP contribution in [0.1, 0.15) is 46.0 Å². The van der Waals surface area contributed by atoms with Crippen molar-refractivity contribution in [3.8, 4) is 28.7 Å². The molecule has 0 spiro atoms. The fourth-order valence-electron chi connectivity index (χ4n) is 6.32. The number of nitrogens with one attached hydrogen (secondary N) is 2. The van der Waals surface area contributed by atoms with Crippen molar-refractivity contribution in [2.45, 2.75) is 46.0 Å². The lowest BCUT2D eigenvalue weighted by atomic mass is 9.83. The van der Waals surface area contributed by atoms with E-state index in [-0.39, 0.29) is 11.4 Å². The predicted octanol–water partition coefficient (Wildman–Crippen LogP) is 7.32. The molecule has 0 unspecified atom stereocenters. The quantitative estimate of drug-likeness (QED) is 0.125. The Balaban J connectivity index is 1.02. The van der Waals surface area contributed by atoms with Gasteiger partial charge in [0.1, 0.15) is 30.2 Å². The number of carbonyl (C=O) groups is 2. The number of amides is 2. The van der Waals surface area contributed by atoms with Crippen LogP contribution in [0.5, 0.6) is 28.7 Å². The van der Waals surface area contributed by atoms with Gasteiger partial charge in [-0.05, 0) is 93.1 Å². The van der Waals surface area contributed by atoms with Crippen molar-refractivity contribution < 1.29 is 37.3 Å². The minimum absolute atomic E-state index is 0.0856. The van der Waals surface area contributed by atoms with E-state index in [4.69, 9.17) is 18.9 Å². The van der Waals surface area contributed by atoms with Crippen LogP contribution in [0.3, 0.4) is 0 Å². The summed E-state index contributed by atoms with van der Waals surface area (Å²) in [6, 6.07) is 12.7. The second kappa shape index (κ2) is 13.7. The van der Waals surface area contributed by atoms with Gasteiger partial charge in [-0.15, -0.1) is 0 Å². The maximum Gasteiger partial charge on any atom is 0.240 e. The zero-order chi connectivity index (χ0) is 34.9. The van der Waals surface area contributed by atoms with Gasteiger partial charge in [0.2, 0.25) is 17.6 Å². The summed E-state index contributed by atoms with van der Waals surface area (Å²) >= 11 is 0. The number of pyridine rings is 1. The smallest absolute Gasteiger partial charge is 0.240 e. The average molecular weight is 687 g/mol. The Kier molecular flexibility index (Phi) is 9.21. The summed E-state index contributed by atoms with van der Waals surface area (Å²) in [5.41, 5.74) is 0.204. The Morgan fingerprint density at radius 3 is 2.22 bits per heavy atom. The molecule has 1 aliphatic carbocycles. The van der Waals surface area contributed by atoms with Crippen molar-refractivity contribution in [1.29, 1.82) is 0 Å². The molecule has 1 aromatic heterocycles. The minimum Gasteiger partial charge on any atom is -0.489 e. The van der Waals surface area contributed by atoms with Crippen molar-refractivity contribution in [2.75, 3.05) is 50.1 Å². The average Bonchev–Trinajstić information content (AvgIpc) is 3.92. The summed E-state index contributed by atoms with van der Waals surface area (Å²) < 4.78 is 53.0. The maximum absolute atomic E-state index is 15.4. The second-order valence-corrected chi connectivity index (χ2v) is 13.9. The molecule has 0 radical (unpaired) electrons. The lowest BCUT2D eigenvalue weighted by Gasteiger charge is -2.36. The number of benzene rings is 3. The van der Waals surface area contributed by atoms with Crippen molar-refractivity contribution in [2.24, 2.45) is 10.8 Å². The van der Waals surface area contributed by atoms with E-state index in [2.05, 4.69) is 34.4 Å². The van der Waals surface area contributed by atoms with Gasteiger partial charge < -0.3 is 34.5 Å². The number of ether oxygens (including phenoxy) is 4. The molecule has 7 rings (SSSR count). The van der Waals surface area contributed by atoms with Crippen LogP contribution >= 0.6 is 0 Å². The van der Waals surface area contributed by atoms with Gasteiger partial charge in [-0.2, -0.15) is 0 Å². The number of rotatable bonds is 11. The summed E-state index contributed by atoms with van der Waals surface area (Å²) in [7, 11) is 0. The maximum atomic E-state index is 15.4. The molecule has 12 heteroatoms. The third-order valence-corrected chi connectivity index (χ3v) is 9.66. The Labute approximate surface area is 289 Å². The van der Waals surface area contributed by atoms with Crippen LogP contribution < -0.4 is 29.6 Å². The molecule has 3 heterocycles. The van der Waals surface area contributed by atoms with Gasteiger partial charge in [-0.25, -0.2) is 8.78 Å². The van der Waals surface area contributed by atoms with E-state index >= 15 is 4.39 Å². The first-order valence-electron chi connectivity index (χ1n) is 17.0. The molecule has 2 N–H and O–H groups in total. The standard InChI is InChI=1S/C38H40F2N4O6/c1-37(2)13-17-44(18-14-37)16-3-19-47-31-23-28-32(34-33(31)48-20-21-49-34)30(10-15-41-28)50-29-9-8-26(22-27(29)40)43-36(46)38(11-12-38)35(45)42-25-6-4-24(39)5-7-25/h4-10,15,22-23H,3,11-14,16-21H2,1-2H3,(H,42,45)(H,43,46). The highest BCUT2D eigenvalue weighted by molar-refractivity contribution is 6.16. The van der Waals surface area contributed by atoms with Crippen LogP contribution in [0.4, 0.5) is 20.2 Å². The van der Waals surface area contributed by atoms with Gasteiger partial charge in [-0.1, -0.05) is 13.8 Å². The van der Waals surface area contributed by atoms with E-state index in [9.17, 15) is 14.0 Å². The first-order chi connectivity index (χ1) is 24.1. The molecule has 10 nitrogen and oxygen atoms in total. The van der Waals surface area contributed by atoms with Crippen molar-refractivity contribution in [1.82, 2.24) is 9.88 Å². The molecule has 3 aromatic carbocycles. The number of aromatic nitrogens is 1. The molecule has 2 amide bonds. The number of piperidine rings is 1. The van der Waals surface area contributed by atoms with E-state index in [1.807, 2.05) is 0 Å². The summed E-state index contributed by atoms with van der Waals surface area (Å²) in [6.45, 7) is 8.98. The van der Waals surface area contributed by atoms with Gasteiger partial charge in [0.05, 0.1) is 17.5 Å². The van der Waals surface area contributed by atoms with Crippen LogP contribution in [-0.2, 0) is 9.59 Å². The SMILES string of the molecule is CC1(C)CCN(CCCOc2cc3nccc(Oc4ccc(NC(=O)C5(C(=O)Nc6ccc(F)cc6)CC5)cc4F)c3c3c2OCCO3)CC1. The molecular formula is C38H40F2N4O6. The van der Waals surface area contributed by atoms with E-state index in [0.29, 0.717) is 77.7 Å². The lowest BCUT2D eigenvalue weighted by molar-refractivity contribution is -0.131. The number of likely N-dealkylation sites (tertiary alicyclic amines) is 1. The molecule has 0 atom stereocenters. The monoisotopic (exact) mass is 686 g/mol. The second-order valence-electron chi connectivity index (χ2n) is 13.9. The lowest BCUT2D eigenvalue weighted by Crippen LogP contribution is -2.38. The molecule has 1 saturated carbocycles. The summed E-state index contributed by atoms with van der Waals surface area (Å²) in [5.74, 6) is -0.592. The first-order valence-corrected chi connectivity index (χ1v) is 17.0. The Morgan fingerprint density at radius 2 is 1.52 bits per heavy atom. The van der Waals surface area contributed by atoms with E-state index < -0.39 is 28.9 Å². The molecule has 0 bridgehead atoms. The molecule has 3 aliphatic rings. The fraction of sp³-hybridized carbons (Fsp3) is 0.395. The van der Waals surface area contributed by atoms with Crippen LogP contribution in [0.25, 0.3) is 10.9 Å². The van der Waals surface area contributed by atoms with Crippen LogP contribution in [0, 0.1) is 22.5 Å². The number of halogens is 2. The molecule has 2 aliphatic heterocycles. The summed E-state index contributed by atoms with van der Waals surface area (Å²) in [6.07, 6.45) is 5.49. The number of fused-ring (bicyclic) bond motifs is 3. The third kappa shape index (κ3) is 7.16. The highest BCUT2D eigenvalue weighted by Crippen LogP contribution is 2.49. The summed E-state index contributed by atoms with van der Waals surface area (Å²) in [4.78, 5) is 33.0. The number of hydrogen-bond donors (Lipinski definition) is 2. The first kappa shape index (κ1) is 33.5. The zero-order valence-corrected chi connectivity index (χ0v) is 28.2. The Hall–Kier alpha value is -4.97. The van der Waals surface area contributed by atoms with Crippen molar-refractivity contribution >= 4 is 34.1 Å². The number of carbonyl (C=O) groups excluding carboxylic acids is 2. The van der Waals surface area contributed by atoms with Crippen LogP contribution in [0.15, 0.2) is 60.8 Å². The topological polar surface area (TPSA) is 111 Å². The number of anilines is 2. The fourth-order valence-corrected chi connectivity index (χ4v) is 6.32. The highest BCUT2D eigenvalue weighted by Gasteiger charge is 2.56. The Bertz CT molecular complexity index is 1900. The zero-order valence-electron chi connectivity index (χ0n) is 28.2. The van der Waals surface area contributed by atoms with Gasteiger partial charge in [0, 0.05) is 36.2 Å². The molecule has 50 heavy (non-hydrogen) atoms. The summed E-state index contributed by atoms with van der Waals surface area (Å²) in [5, 5.41) is 5.83. The predicted molar refractivity (Wildman–Crippen MR) is 184 cm³/mol. The number of hydrogen-bond acceptors (Lipinski definition) is 8. The largest absolute Gasteiger partial charge is 0.489 e. The van der Waals surface area contributed by atoms with Crippen molar-refractivity contribution in [3.63, 3.8) is 0 Å². The van der Waals surface area contributed by atoms with Crippen LogP contribution in [0.2, 0.25) is 0 Å². The highest BCUT2D eigenvalue weighted by atomic mass is 19.1.